The third kappa shape index (κ3) is 11.6. The molecule has 1 aliphatic rings. The summed E-state index contributed by atoms with van der Waals surface area (Å²) in [5.74, 6) is 1.71. The van der Waals surface area contributed by atoms with Crippen LogP contribution in [0.5, 0.6) is 5.75 Å². The molecule has 2 rings (SSSR count). The van der Waals surface area contributed by atoms with Crippen molar-refractivity contribution in [1.29, 1.82) is 0 Å². The fourth-order valence-corrected chi connectivity index (χ4v) is 2.85. The zero-order valence-electron chi connectivity index (χ0n) is 18.0. The summed E-state index contributed by atoms with van der Waals surface area (Å²) in [7, 11) is 5.93. The Bertz CT molecular complexity index is 564. The van der Waals surface area contributed by atoms with Gasteiger partial charge in [0, 0.05) is 39.9 Å². The van der Waals surface area contributed by atoms with Gasteiger partial charge in [0.05, 0.1) is 19.3 Å². The molecule has 0 bridgehead atoms. The molecule has 1 fully saturated rings. The second kappa shape index (κ2) is 15.7. The number of aliphatic imine (C=N–C) groups is 1. The lowest BCUT2D eigenvalue weighted by atomic mass is 10.2. The molecule has 0 amide bonds. The quantitative estimate of drug-likeness (QED) is 0.191. The topological polar surface area (TPSA) is 67.4 Å². The molecular weight excluding hydrogens is 483 g/mol. The predicted molar refractivity (Wildman–Crippen MR) is 129 cm³/mol. The minimum Gasteiger partial charge on any atom is -0.494 e. The molecule has 1 aromatic rings. The van der Waals surface area contributed by atoms with Crippen molar-refractivity contribution in [2.24, 2.45) is 4.99 Å². The van der Waals surface area contributed by atoms with Crippen molar-refractivity contribution < 1.29 is 14.2 Å². The van der Waals surface area contributed by atoms with Crippen molar-refractivity contribution in [1.82, 2.24) is 15.5 Å². The molecule has 0 saturated carbocycles. The van der Waals surface area contributed by atoms with E-state index in [4.69, 9.17) is 14.2 Å². The van der Waals surface area contributed by atoms with E-state index in [1.165, 1.54) is 5.56 Å². The summed E-state index contributed by atoms with van der Waals surface area (Å²) in [6, 6.07) is 8.21. The number of hydrogen-bond acceptors (Lipinski definition) is 5. The number of rotatable bonds is 12. The molecule has 1 unspecified atom stereocenters. The maximum Gasteiger partial charge on any atom is 0.191 e. The van der Waals surface area contributed by atoms with Gasteiger partial charge in [0.2, 0.25) is 0 Å². The number of halogens is 1. The molecule has 1 aliphatic heterocycles. The van der Waals surface area contributed by atoms with Crippen molar-refractivity contribution in [3.8, 4) is 5.75 Å². The van der Waals surface area contributed by atoms with E-state index < -0.39 is 0 Å². The summed E-state index contributed by atoms with van der Waals surface area (Å²) >= 11 is 0. The molecular formula is C21H37IN4O3. The van der Waals surface area contributed by atoms with Crippen molar-refractivity contribution in [2.45, 2.75) is 31.9 Å². The van der Waals surface area contributed by atoms with Crippen LogP contribution in [0.2, 0.25) is 0 Å². The maximum absolute atomic E-state index is 5.77. The third-order valence-electron chi connectivity index (χ3n) is 4.48. The lowest BCUT2D eigenvalue weighted by Gasteiger charge is -2.14. The van der Waals surface area contributed by atoms with E-state index in [1.54, 1.807) is 7.05 Å². The molecule has 7 nitrogen and oxygen atoms in total. The molecule has 1 aromatic carbocycles. The van der Waals surface area contributed by atoms with E-state index in [0.29, 0.717) is 0 Å². The maximum atomic E-state index is 5.77. The Morgan fingerprint density at radius 1 is 1.17 bits per heavy atom. The van der Waals surface area contributed by atoms with Gasteiger partial charge >= 0.3 is 0 Å². The van der Waals surface area contributed by atoms with E-state index in [1.807, 2.05) is 12.1 Å². The van der Waals surface area contributed by atoms with Gasteiger partial charge in [-0.1, -0.05) is 12.1 Å². The molecule has 0 spiro atoms. The first-order valence-electron chi connectivity index (χ1n) is 10.2. The van der Waals surface area contributed by atoms with E-state index >= 15 is 0 Å². The van der Waals surface area contributed by atoms with Gasteiger partial charge in [-0.2, -0.15) is 0 Å². The summed E-state index contributed by atoms with van der Waals surface area (Å²) in [6.45, 7) is 5.62. The minimum atomic E-state index is 0. The fraction of sp³-hybridized carbons (Fsp3) is 0.667. The van der Waals surface area contributed by atoms with Crippen LogP contribution in [-0.2, 0) is 16.0 Å². The Balaban J connectivity index is 0.00000420. The van der Waals surface area contributed by atoms with Crippen molar-refractivity contribution in [3.63, 3.8) is 0 Å². The molecule has 29 heavy (non-hydrogen) atoms. The largest absolute Gasteiger partial charge is 0.494 e. The van der Waals surface area contributed by atoms with E-state index in [2.05, 4.69) is 46.8 Å². The fourth-order valence-electron chi connectivity index (χ4n) is 2.85. The Labute approximate surface area is 192 Å². The number of guanidine groups is 1. The molecule has 0 aliphatic carbocycles. The van der Waals surface area contributed by atoms with Crippen LogP contribution in [0.1, 0.15) is 24.8 Å². The van der Waals surface area contributed by atoms with Crippen LogP contribution in [-0.4, -0.2) is 77.6 Å². The number of hydrogen-bond donors (Lipinski definition) is 2. The number of nitrogens with zero attached hydrogens (tertiary/aromatic N) is 2. The number of benzene rings is 1. The molecule has 1 heterocycles. The Kier molecular flexibility index (Phi) is 14.0. The summed E-state index contributed by atoms with van der Waals surface area (Å²) in [6.07, 6.45) is 3.25. The first kappa shape index (κ1) is 25.9. The van der Waals surface area contributed by atoms with Crippen LogP contribution in [0.15, 0.2) is 29.3 Å². The summed E-state index contributed by atoms with van der Waals surface area (Å²) < 4.78 is 16.8. The minimum absolute atomic E-state index is 0. The Morgan fingerprint density at radius 2 is 1.97 bits per heavy atom. The first-order valence-corrected chi connectivity index (χ1v) is 10.2. The van der Waals surface area contributed by atoms with Gasteiger partial charge in [-0.3, -0.25) is 4.99 Å². The predicted octanol–water partition coefficient (Wildman–Crippen LogP) is 2.50. The van der Waals surface area contributed by atoms with Gasteiger partial charge in [0.1, 0.15) is 5.75 Å². The highest BCUT2D eigenvalue weighted by Crippen LogP contribution is 2.12. The van der Waals surface area contributed by atoms with Crippen molar-refractivity contribution in [2.75, 3.05) is 60.7 Å². The lowest BCUT2D eigenvalue weighted by Crippen LogP contribution is -2.37. The van der Waals surface area contributed by atoms with Crippen LogP contribution in [0.25, 0.3) is 0 Å². The molecule has 2 N–H and O–H groups in total. The Hall–Kier alpha value is -1.10. The Morgan fingerprint density at radius 3 is 2.62 bits per heavy atom. The van der Waals surface area contributed by atoms with Gasteiger partial charge in [-0.15, -0.1) is 24.0 Å². The molecule has 0 radical (unpaired) electrons. The van der Waals surface area contributed by atoms with Crippen LogP contribution < -0.4 is 15.4 Å². The van der Waals surface area contributed by atoms with Crippen molar-refractivity contribution >= 4 is 29.9 Å². The zero-order chi connectivity index (χ0) is 20.0. The average Bonchev–Trinajstić information content (AvgIpc) is 3.21. The normalized spacial score (nSPS) is 16.6. The van der Waals surface area contributed by atoms with Gasteiger partial charge in [-0.05, 0) is 51.1 Å². The zero-order valence-corrected chi connectivity index (χ0v) is 20.3. The second-order valence-corrected chi connectivity index (χ2v) is 7.21. The monoisotopic (exact) mass is 520 g/mol. The summed E-state index contributed by atoms with van der Waals surface area (Å²) in [4.78, 5) is 6.43. The molecule has 0 aromatic heterocycles. The molecule has 1 saturated heterocycles. The second-order valence-electron chi connectivity index (χ2n) is 7.21. The van der Waals surface area contributed by atoms with Gasteiger partial charge in [0.25, 0.3) is 0 Å². The van der Waals surface area contributed by atoms with Crippen molar-refractivity contribution in [3.05, 3.63) is 29.8 Å². The van der Waals surface area contributed by atoms with Crippen LogP contribution in [0, 0.1) is 0 Å². The third-order valence-corrected chi connectivity index (χ3v) is 4.48. The molecule has 8 heteroatoms. The van der Waals surface area contributed by atoms with E-state index in [0.717, 1.165) is 77.0 Å². The highest BCUT2D eigenvalue weighted by Gasteiger charge is 2.15. The summed E-state index contributed by atoms with van der Waals surface area (Å²) in [5, 5.41) is 6.65. The van der Waals surface area contributed by atoms with Gasteiger partial charge < -0.3 is 29.7 Å². The first-order chi connectivity index (χ1) is 13.7. The lowest BCUT2D eigenvalue weighted by molar-refractivity contribution is 0.0420. The van der Waals surface area contributed by atoms with E-state index in [9.17, 15) is 0 Å². The van der Waals surface area contributed by atoms with E-state index in [-0.39, 0.29) is 30.1 Å². The van der Waals surface area contributed by atoms with Gasteiger partial charge in [0.15, 0.2) is 5.96 Å². The van der Waals surface area contributed by atoms with Gasteiger partial charge in [-0.25, -0.2) is 0 Å². The standard InChI is InChI=1S/C21H36N4O3.HI/c1-22-21(23-11-4-13-28-20-10-15-26-17-20)24-16-18-6-8-19(9-7-18)27-14-5-12-25(2)3;/h6-9,20H,4-5,10-17H2,1-3H3,(H2,22,23,24);1H. The average molecular weight is 520 g/mol. The van der Waals surface area contributed by atoms with Crippen LogP contribution in [0.3, 0.4) is 0 Å². The van der Waals surface area contributed by atoms with Crippen LogP contribution in [0.4, 0.5) is 0 Å². The van der Waals surface area contributed by atoms with Crippen LogP contribution >= 0.6 is 24.0 Å². The SMILES string of the molecule is CN=C(NCCCOC1CCOC1)NCc1ccc(OCCCN(C)C)cc1.I. The molecule has 1 atom stereocenters. The molecule has 166 valence electrons. The summed E-state index contributed by atoms with van der Waals surface area (Å²) in [5.41, 5.74) is 1.19. The highest BCUT2D eigenvalue weighted by molar-refractivity contribution is 14.0. The number of nitrogens with one attached hydrogen (secondary N) is 2. The smallest absolute Gasteiger partial charge is 0.191 e. The number of ether oxygens (including phenoxy) is 3. The highest BCUT2D eigenvalue weighted by atomic mass is 127.